The molecule has 0 bridgehead atoms. The van der Waals surface area contributed by atoms with Gasteiger partial charge in [0.15, 0.2) is 0 Å². The fourth-order valence-electron chi connectivity index (χ4n) is 2.49. The Kier molecular flexibility index (Phi) is 3.75. The molecule has 1 amide bonds. The van der Waals surface area contributed by atoms with Crippen LogP contribution in [0.15, 0.2) is 18.2 Å². The predicted octanol–water partition coefficient (Wildman–Crippen LogP) is 1.54. The van der Waals surface area contributed by atoms with Gasteiger partial charge in [-0.05, 0) is 43.5 Å². The Morgan fingerprint density at radius 3 is 2.94 bits per heavy atom. The second-order valence-corrected chi connectivity index (χ2v) is 4.94. The average Bonchev–Trinajstić information content (AvgIpc) is 2.41. The van der Waals surface area contributed by atoms with Gasteiger partial charge in [0, 0.05) is 31.5 Å². The van der Waals surface area contributed by atoms with Crippen LogP contribution in [0.3, 0.4) is 0 Å². The molecule has 0 aliphatic carbocycles. The lowest BCUT2D eigenvalue weighted by Gasteiger charge is -2.33. The second kappa shape index (κ2) is 5.29. The lowest BCUT2D eigenvalue weighted by Crippen LogP contribution is -2.42. The lowest BCUT2D eigenvalue weighted by atomic mass is 9.96. The summed E-state index contributed by atoms with van der Waals surface area (Å²) < 4.78 is 0. The van der Waals surface area contributed by atoms with Crippen LogP contribution in [0.4, 0.5) is 11.4 Å². The number of anilines is 2. The number of carbonyl (C=O) groups excluding carboxylic acids is 1. The van der Waals surface area contributed by atoms with E-state index in [0.717, 1.165) is 42.9 Å². The molecular weight excluding hydrogens is 226 g/mol. The SMILES string of the molecule is CNC(=O)C1CCCN(c2ccc(N)c(C)c2)C1. The quantitative estimate of drug-likeness (QED) is 0.779. The molecule has 1 atom stereocenters. The van der Waals surface area contributed by atoms with E-state index >= 15 is 0 Å². The number of aryl methyl sites for hydroxylation is 1. The first-order valence-corrected chi connectivity index (χ1v) is 6.44. The third-order valence-corrected chi connectivity index (χ3v) is 3.66. The van der Waals surface area contributed by atoms with Gasteiger partial charge < -0.3 is 16.0 Å². The largest absolute Gasteiger partial charge is 0.399 e. The Balaban J connectivity index is 2.13. The van der Waals surface area contributed by atoms with E-state index < -0.39 is 0 Å². The van der Waals surface area contributed by atoms with Crippen LogP contribution in [0.1, 0.15) is 18.4 Å². The van der Waals surface area contributed by atoms with Crippen molar-refractivity contribution in [2.75, 3.05) is 30.8 Å². The van der Waals surface area contributed by atoms with Gasteiger partial charge in [0.1, 0.15) is 0 Å². The van der Waals surface area contributed by atoms with Crippen molar-refractivity contribution in [3.8, 4) is 0 Å². The van der Waals surface area contributed by atoms with Gasteiger partial charge in [-0.25, -0.2) is 0 Å². The third-order valence-electron chi connectivity index (χ3n) is 3.66. The van der Waals surface area contributed by atoms with E-state index in [0.29, 0.717) is 0 Å². The minimum Gasteiger partial charge on any atom is -0.399 e. The van der Waals surface area contributed by atoms with Crippen molar-refractivity contribution in [3.05, 3.63) is 23.8 Å². The first-order valence-electron chi connectivity index (χ1n) is 6.44. The van der Waals surface area contributed by atoms with E-state index in [9.17, 15) is 4.79 Å². The van der Waals surface area contributed by atoms with Gasteiger partial charge in [0.25, 0.3) is 0 Å². The average molecular weight is 247 g/mol. The van der Waals surface area contributed by atoms with Crippen LogP contribution in [0.25, 0.3) is 0 Å². The molecule has 18 heavy (non-hydrogen) atoms. The summed E-state index contributed by atoms with van der Waals surface area (Å²) in [7, 11) is 1.70. The molecule has 4 heteroatoms. The number of hydrogen-bond acceptors (Lipinski definition) is 3. The molecule has 1 unspecified atom stereocenters. The van der Waals surface area contributed by atoms with Crippen LogP contribution in [-0.4, -0.2) is 26.0 Å². The predicted molar refractivity (Wildman–Crippen MR) is 74.6 cm³/mol. The van der Waals surface area contributed by atoms with Gasteiger partial charge in [-0.2, -0.15) is 0 Å². The molecule has 98 valence electrons. The first kappa shape index (κ1) is 12.7. The van der Waals surface area contributed by atoms with Crippen LogP contribution in [0.2, 0.25) is 0 Å². The number of nitrogens with two attached hydrogens (primary N) is 1. The Morgan fingerprint density at radius 1 is 1.50 bits per heavy atom. The number of amides is 1. The normalized spacial score (nSPS) is 19.7. The number of rotatable bonds is 2. The number of nitrogens with zero attached hydrogens (tertiary/aromatic N) is 1. The molecule has 2 rings (SSSR count). The Hall–Kier alpha value is -1.71. The van der Waals surface area contributed by atoms with E-state index in [2.05, 4.69) is 16.3 Å². The highest BCUT2D eigenvalue weighted by Gasteiger charge is 2.25. The molecule has 0 radical (unpaired) electrons. The zero-order valence-electron chi connectivity index (χ0n) is 11.1. The highest BCUT2D eigenvalue weighted by molar-refractivity contribution is 5.79. The number of piperidine rings is 1. The molecule has 0 spiro atoms. The fourth-order valence-corrected chi connectivity index (χ4v) is 2.49. The van der Waals surface area contributed by atoms with Gasteiger partial charge in [0.05, 0.1) is 5.92 Å². The van der Waals surface area contributed by atoms with Crippen LogP contribution in [0.5, 0.6) is 0 Å². The van der Waals surface area contributed by atoms with Crippen molar-refractivity contribution >= 4 is 17.3 Å². The summed E-state index contributed by atoms with van der Waals surface area (Å²) in [5.74, 6) is 0.244. The fraction of sp³-hybridized carbons (Fsp3) is 0.500. The summed E-state index contributed by atoms with van der Waals surface area (Å²) >= 11 is 0. The highest BCUT2D eigenvalue weighted by Crippen LogP contribution is 2.25. The van der Waals surface area contributed by atoms with E-state index in [1.165, 1.54) is 0 Å². The van der Waals surface area contributed by atoms with Crippen molar-refractivity contribution in [1.29, 1.82) is 0 Å². The number of nitrogen functional groups attached to an aromatic ring is 1. The lowest BCUT2D eigenvalue weighted by molar-refractivity contribution is -0.124. The topological polar surface area (TPSA) is 58.4 Å². The number of carbonyl (C=O) groups is 1. The van der Waals surface area contributed by atoms with Gasteiger partial charge in [0.2, 0.25) is 5.91 Å². The number of benzene rings is 1. The summed E-state index contributed by atoms with van der Waals surface area (Å²) in [5.41, 5.74) is 8.91. The van der Waals surface area contributed by atoms with E-state index in [1.54, 1.807) is 7.05 Å². The molecule has 1 fully saturated rings. The first-order chi connectivity index (χ1) is 8.61. The second-order valence-electron chi connectivity index (χ2n) is 4.94. The van der Waals surface area contributed by atoms with Crippen LogP contribution < -0.4 is 16.0 Å². The summed E-state index contributed by atoms with van der Waals surface area (Å²) in [6.45, 7) is 3.82. The molecule has 1 heterocycles. The molecular formula is C14H21N3O. The van der Waals surface area contributed by atoms with Crippen molar-refractivity contribution in [2.45, 2.75) is 19.8 Å². The monoisotopic (exact) mass is 247 g/mol. The standard InChI is InChI=1S/C14H21N3O/c1-10-8-12(5-6-13(10)15)17-7-3-4-11(9-17)14(18)16-2/h5-6,8,11H,3-4,7,9,15H2,1-2H3,(H,16,18). The Labute approximate surface area is 108 Å². The minimum absolute atomic E-state index is 0.0987. The molecule has 1 aromatic carbocycles. The molecule has 3 N–H and O–H groups in total. The summed E-state index contributed by atoms with van der Waals surface area (Å²) in [6, 6.07) is 6.07. The highest BCUT2D eigenvalue weighted by atomic mass is 16.1. The molecule has 1 aromatic rings. The molecule has 0 saturated carbocycles. The van der Waals surface area contributed by atoms with Gasteiger partial charge in [-0.15, -0.1) is 0 Å². The van der Waals surface area contributed by atoms with Crippen LogP contribution >= 0.6 is 0 Å². The molecule has 0 aromatic heterocycles. The molecule has 1 aliphatic rings. The van der Waals surface area contributed by atoms with Crippen LogP contribution in [0, 0.1) is 12.8 Å². The number of nitrogens with one attached hydrogen (secondary N) is 1. The maximum Gasteiger partial charge on any atom is 0.224 e. The van der Waals surface area contributed by atoms with Gasteiger partial charge in [-0.3, -0.25) is 4.79 Å². The maximum atomic E-state index is 11.7. The summed E-state index contributed by atoms with van der Waals surface area (Å²) in [6.07, 6.45) is 2.03. The van der Waals surface area contributed by atoms with Crippen molar-refractivity contribution < 1.29 is 4.79 Å². The maximum absolute atomic E-state index is 11.7. The van der Waals surface area contributed by atoms with E-state index in [4.69, 9.17) is 5.73 Å². The van der Waals surface area contributed by atoms with Crippen molar-refractivity contribution in [3.63, 3.8) is 0 Å². The minimum atomic E-state index is 0.0987. The molecule has 1 saturated heterocycles. The van der Waals surface area contributed by atoms with Gasteiger partial charge in [-0.1, -0.05) is 0 Å². The number of hydrogen-bond donors (Lipinski definition) is 2. The van der Waals surface area contributed by atoms with E-state index in [-0.39, 0.29) is 11.8 Å². The molecule has 1 aliphatic heterocycles. The van der Waals surface area contributed by atoms with Gasteiger partial charge >= 0.3 is 0 Å². The molecule has 4 nitrogen and oxygen atoms in total. The Bertz CT molecular complexity index is 445. The smallest absolute Gasteiger partial charge is 0.224 e. The Morgan fingerprint density at radius 2 is 2.28 bits per heavy atom. The zero-order chi connectivity index (χ0) is 13.1. The van der Waals surface area contributed by atoms with Crippen molar-refractivity contribution in [1.82, 2.24) is 5.32 Å². The van der Waals surface area contributed by atoms with E-state index in [1.807, 2.05) is 19.1 Å². The third kappa shape index (κ3) is 2.58. The van der Waals surface area contributed by atoms with Crippen LogP contribution in [-0.2, 0) is 4.79 Å². The van der Waals surface area contributed by atoms with Crippen molar-refractivity contribution in [2.24, 2.45) is 5.92 Å². The zero-order valence-corrected chi connectivity index (χ0v) is 11.1. The summed E-state index contributed by atoms with van der Waals surface area (Å²) in [5, 5.41) is 2.74. The summed E-state index contributed by atoms with van der Waals surface area (Å²) in [4.78, 5) is 14.0.